The molecule has 288 valence electrons. The number of rotatable bonds is 3. The van der Waals surface area contributed by atoms with Crippen molar-refractivity contribution in [2.24, 2.45) is 16.2 Å². The summed E-state index contributed by atoms with van der Waals surface area (Å²) in [5, 5.41) is 16.4. The van der Waals surface area contributed by atoms with E-state index in [2.05, 4.69) is 226 Å². The van der Waals surface area contributed by atoms with Gasteiger partial charge in [-0.3, -0.25) is 0 Å². The van der Waals surface area contributed by atoms with Crippen LogP contribution in [0.1, 0.15) is 79.0 Å². The maximum absolute atomic E-state index is 2.36. The molecular formula is C57H60. The highest BCUT2D eigenvalue weighted by Gasteiger charge is 2.17. The number of hydrogen-bond acceptors (Lipinski definition) is 0. The smallest absolute Gasteiger partial charge is 0.0103 e. The van der Waals surface area contributed by atoms with Gasteiger partial charge in [-0.05, 0) is 123 Å². The van der Waals surface area contributed by atoms with Gasteiger partial charge in [0.25, 0.3) is 0 Å². The fourth-order valence-corrected chi connectivity index (χ4v) is 8.51. The molecule has 0 bridgehead atoms. The van der Waals surface area contributed by atoms with E-state index in [9.17, 15) is 0 Å². The highest BCUT2D eigenvalue weighted by Crippen LogP contribution is 2.35. The molecule has 9 aromatic carbocycles. The van der Waals surface area contributed by atoms with Gasteiger partial charge in [-0.15, -0.1) is 0 Å². The Morgan fingerprint density at radius 2 is 0.632 bits per heavy atom. The Balaban J connectivity index is 0.000000131. The monoisotopic (exact) mass is 744 g/mol. The standard InChI is InChI=1S/3C19H20/c1-19(2,3)13-18-16-10-6-4-8-14(16)12-15-9-5-7-11-17(15)18;1-19(2,3)13-15-12-14-8-4-5-9-16(14)18-11-7-6-10-17(15)18;1-19(2,3)13-15-8-6-10-18-16-9-5-4-7-14(16)11-12-17(15)18/h3*4-12H,13H2,1-3H3. The van der Waals surface area contributed by atoms with Crippen molar-refractivity contribution >= 4 is 64.6 Å². The molecule has 0 fully saturated rings. The predicted molar refractivity (Wildman–Crippen MR) is 254 cm³/mol. The van der Waals surface area contributed by atoms with Crippen molar-refractivity contribution in [3.8, 4) is 0 Å². The first-order valence-electron chi connectivity index (χ1n) is 20.8. The first kappa shape index (κ1) is 39.8. The first-order valence-corrected chi connectivity index (χ1v) is 20.8. The van der Waals surface area contributed by atoms with Crippen molar-refractivity contribution in [3.63, 3.8) is 0 Å². The molecule has 0 heterocycles. The van der Waals surface area contributed by atoms with Crippen LogP contribution in [0.4, 0.5) is 0 Å². The fourth-order valence-electron chi connectivity index (χ4n) is 8.51. The third kappa shape index (κ3) is 9.57. The third-order valence-electron chi connectivity index (χ3n) is 10.8. The average molecular weight is 745 g/mol. The van der Waals surface area contributed by atoms with Crippen LogP contribution in [0.25, 0.3) is 64.6 Å². The molecule has 0 nitrogen and oxygen atoms in total. The summed E-state index contributed by atoms with van der Waals surface area (Å²) in [4.78, 5) is 0. The third-order valence-corrected chi connectivity index (χ3v) is 10.8. The minimum Gasteiger partial charge on any atom is -0.0616 e. The van der Waals surface area contributed by atoms with Gasteiger partial charge in [0, 0.05) is 0 Å². The van der Waals surface area contributed by atoms with Gasteiger partial charge >= 0.3 is 0 Å². The number of benzene rings is 9. The fraction of sp³-hybridized carbons (Fsp3) is 0.263. The highest BCUT2D eigenvalue weighted by atomic mass is 14.2. The van der Waals surface area contributed by atoms with Crippen molar-refractivity contribution in [2.45, 2.75) is 81.6 Å². The normalized spacial score (nSPS) is 12.2. The van der Waals surface area contributed by atoms with Gasteiger partial charge in [-0.2, -0.15) is 0 Å². The highest BCUT2D eigenvalue weighted by molar-refractivity contribution is 6.10. The largest absolute Gasteiger partial charge is 0.0616 e. The minimum atomic E-state index is 0.299. The first-order chi connectivity index (χ1) is 27.1. The zero-order chi connectivity index (χ0) is 40.4. The molecule has 0 amide bonds. The zero-order valence-electron chi connectivity index (χ0n) is 35.7. The number of fused-ring (bicyclic) bond motifs is 8. The summed E-state index contributed by atoms with van der Waals surface area (Å²) in [6.07, 6.45) is 3.33. The van der Waals surface area contributed by atoms with Crippen LogP contribution in [-0.4, -0.2) is 0 Å². The quantitative estimate of drug-likeness (QED) is 0.125. The van der Waals surface area contributed by atoms with Crippen LogP contribution in [0.3, 0.4) is 0 Å². The van der Waals surface area contributed by atoms with Gasteiger partial charge in [-0.25, -0.2) is 0 Å². The minimum absolute atomic E-state index is 0.299. The molecule has 0 spiro atoms. The lowest BCUT2D eigenvalue weighted by Crippen LogP contribution is -2.10. The summed E-state index contributed by atoms with van der Waals surface area (Å²) in [6, 6.07) is 59.4. The SMILES string of the molecule is CC(C)(C)Cc1c2ccccc2cc2ccccc12.CC(C)(C)Cc1cc2ccccc2c2ccccc12.CC(C)(C)Cc1cccc2c1ccc1ccccc12. The Morgan fingerprint density at radius 1 is 0.263 bits per heavy atom. The van der Waals surface area contributed by atoms with Crippen LogP contribution in [0.2, 0.25) is 0 Å². The summed E-state index contributed by atoms with van der Waals surface area (Å²) in [7, 11) is 0. The van der Waals surface area contributed by atoms with E-state index in [4.69, 9.17) is 0 Å². The summed E-state index contributed by atoms with van der Waals surface area (Å²) in [5.74, 6) is 0. The van der Waals surface area contributed by atoms with Crippen molar-refractivity contribution in [3.05, 3.63) is 180 Å². The van der Waals surface area contributed by atoms with E-state index in [0.29, 0.717) is 16.2 Å². The lowest BCUT2D eigenvalue weighted by molar-refractivity contribution is 0.412. The molecule has 9 rings (SSSR count). The maximum Gasteiger partial charge on any atom is -0.0103 e. The number of hydrogen-bond donors (Lipinski definition) is 0. The second kappa shape index (κ2) is 16.2. The van der Waals surface area contributed by atoms with E-state index in [1.807, 2.05) is 0 Å². The molecule has 57 heavy (non-hydrogen) atoms. The molecule has 9 aromatic rings. The molecule has 0 aliphatic heterocycles. The Bertz CT molecular complexity index is 2720. The van der Waals surface area contributed by atoms with Crippen LogP contribution in [0.5, 0.6) is 0 Å². The second-order valence-electron chi connectivity index (χ2n) is 19.6. The van der Waals surface area contributed by atoms with Gasteiger partial charge in [0.2, 0.25) is 0 Å². The molecule has 0 unspecified atom stereocenters. The van der Waals surface area contributed by atoms with Gasteiger partial charge in [-0.1, -0.05) is 220 Å². The molecule has 0 aliphatic rings. The molecule has 0 saturated heterocycles. The topological polar surface area (TPSA) is 0 Å². The van der Waals surface area contributed by atoms with Gasteiger partial charge in [0.1, 0.15) is 0 Å². The molecule has 0 N–H and O–H groups in total. The molecule has 0 aliphatic carbocycles. The van der Waals surface area contributed by atoms with Crippen LogP contribution in [-0.2, 0) is 19.3 Å². The van der Waals surface area contributed by atoms with E-state index in [1.165, 1.54) is 81.3 Å². The van der Waals surface area contributed by atoms with E-state index in [-0.39, 0.29) is 0 Å². The predicted octanol–water partition coefficient (Wildman–Crippen LogP) is 16.7. The van der Waals surface area contributed by atoms with E-state index >= 15 is 0 Å². The lowest BCUT2D eigenvalue weighted by Gasteiger charge is -2.21. The summed E-state index contributed by atoms with van der Waals surface area (Å²) in [5.41, 5.74) is 5.33. The maximum atomic E-state index is 2.36. The van der Waals surface area contributed by atoms with Crippen molar-refractivity contribution < 1.29 is 0 Å². The summed E-state index contributed by atoms with van der Waals surface area (Å²) in [6.45, 7) is 20.7. The molecule has 0 aromatic heterocycles. The lowest BCUT2D eigenvalue weighted by atomic mass is 9.84. The molecule has 0 saturated carbocycles. The molecule has 0 atom stereocenters. The van der Waals surface area contributed by atoms with Crippen LogP contribution in [0.15, 0.2) is 164 Å². The van der Waals surface area contributed by atoms with E-state index < -0.39 is 0 Å². The van der Waals surface area contributed by atoms with Crippen molar-refractivity contribution in [1.29, 1.82) is 0 Å². The Labute approximate surface area is 341 Å². The zero-order valence-corrected chi connectivity index (χ0v) is 35.7. The molecule has 0 heteroatoms. The molecular weight excluding hydrogens is 685 g/mol. The van der Waals surface area contributed by atoms with E-state index in [1.54, 1.807) is 0 Å². The van der Waals surface area contributed by atoms with Gasteiger partial charge < -0.3 is 0 Å². The van der Waals surface area contributed by atoms with Gasteiger partial charge in [0.05, 0.1) is 0 Å². The van der Waals surface area contributed by atoms with E-state index in [0.717, 1.165) is 19.3 Å². The second-order valence-corrected chi connectivity index (χ2v) is 19.6. The summed E-state index contributed by atoms with van der Waals surface area (Å²) < 4.78 is 0. The van der Waals surface area contributed by atoms with Crippen molar-refractivity contribution in [1.82, 2.24) is 0 Å². The summed E-state index contributed by atoms with van der Waals surface area (Å²) >= 11 is 0. The van der Waals surface area contributed by atoms with Crippen molar-refractivity contribution in [2.75, 3.05) is 0 Å². The molecule has 0 radical (unpaired) electrons. The van der Waals surface area contributed by atoms with Crippen LogP contribution < -0.4 is 0 Å². The van der Waals surface area contributed by atoms with Gasteiger partial charge in [0.15, 0.2) is 0 Å². The average Bonchev–Trinajstić information content (AvgIpc) is 3.17. The Hall–Kier alpha value is -5.46. The van der Waals surface area contributed by atoms with Crippen LogP contribution >= 0.6 is 0 Å². The van der Waals surface area contributed by atoms with Crippen LogP contribution in [0, 0.1) is 16.2 Å². The Kier molecular flexibility index (Phi) is 11.3. The Morgan fingerprint density at radius 3 is 1.16 bits per heavy atom.